The number of halogens is 1. The fourth-order valence-electron chi connectivity index (χ4n) is 3.29. The van der Waals surface area contributed by atoms with Crippen LogP contribution in [0.3, 0.4) is 0 Å². The molecule has 142 valence electrons. The third kappa shape index (κ3) is 3.44. The van der Waals surface area contributed by atoms with Gasteiger partial charge >= 0.3 is 0 Å². The minimum atomic E-state index is -3.66. The van der Waals surface area contributed by atoms with Crippen LogP contribution in [0, 0.1) is 17.8 Å². The minimum Gasteiger partial charge on any atom is -0.473 e. The first-order valence-electron chi connectivity index (χ1n) is 8.21. The third-order valence-corrected chi connectivity index (χ3v) is 6.69. The SMILES string of the molecule is CNC(=O)C1[C@H]2CN(S(=O)(=O)c3ccc(OC/C(=C/F)CN)nc3)C[C@@H]12. The summed E-state index contributed by atoms with van der Waals surface area (Å²) in [6, 6.07) is 2.82. The molecule has 0 radical (unpaired) electrons. The highest BCUT2D eigenvalue weighted by Crippen LogP contribution is 2.52. The topological polar surface area (TPSA) is 115 Å². The molecule has 0 bridgehead atoms. The molecule has 2 fully saturated rings. The summed E-state index contributed by atoms with van der Waals surface area (Å²) in [5, 5.41) is 2.61. The first-order valence-corrected chi connectivity index (χ1v) is 9.65. The van der Waals surface area contributed by atoms with Gasteiger partial charge < -0.3 is 15.8 Å². The average Bonchev–Trinajstić information content (AvgIpc) is 3.15. The molecule has 1 aromatic heterocycles. The number of hydrogen-bond donors (Lipinski definition) is 2. The Kier molecular flexibility index (Phi) is 5.26. The number of pyridine rings is 1. The quantitative estimate of drug-likeness (QED) is 0.678. The van der Waals surface area contributed by atoms with Gasteiger partial charge in [0, 0.05) is 44.2 Å². The Hall–Kier alpha value is -2.04. The van der Waals surface area contributed by atoms with Crippen molar-refractivity contribution in [3.8, 4) is 5.88 Å². The van der Waals surface area contributed by atoms with E-state index < -0.39 is 10.0 Å². The Labute approximate surface area is 151 Å². The highest BCUT2D eigenvalue weighted by Gasteiger charge is 2.61. The van der Waals surface area contributed by atoms with Gasteiger partial charge in [0.2, 0.25) is 21.8 Å². The van der Waals surface area contributed by atoms with Crippen molar-refractivity contribution in [2.45, 2.75) is 4.90 Å². The minimum absolute atomic E-state index is 0.0251. The van der Waals surface area contributed by atoms with Crippen molar-refractivity contribution in [3.05, 3.63) is 30.2 Å². The summed E-state index contributed by atoms with van der Waals surface area (Å²) >= 11 is 0. The zero-order valence-corrected chi connectivity index (χ0v) is 15.1. The fraction of sp³-hybridized carbons (Fsp3) is 0.500. The van der Waals surface area contributed by atoms with Gasteiger partial charge in [0.25, 0.3) is 0 Å². The highest BCUT2D eigenvalue weighted by atomic mass is 32.2. The molecule has 0 spiro atoms. The first-order chi connectivity index (χ1) is 12.4. The maximum Gasteiger partial charge on any atom is 0.244 e. The van der Waals surface area contributed by atoms with Gasteiger partial charge in [-0.3, -0.25) is 4.79 Å². The number of nitrogens with zero attached hydrogens (tertiary/aromatic N) is 2. The molecule has 2 heterocycles. The number of ether oxygens (including phenoxy) is 1. The smallest absolute Gasteiger partial charge is 0.244 e. The van der Waals surface area contributed by atoms with Gasteiger partial charge in [-0.05, 0) is 17.9 Å². The molecule has 1 amide bonds. The second-order valence-corrected chi connectivity index (χ2v) is 8.32. The van der Waals surface area contributed by atoms with Crippen LogP contribution in [-0.4, -0.2) is 56.9 Å². The standard InChI is InChI=1S/C16H21FN4O4S/c1-19-16(22)15-12-7-21(8-13(12)15)26(23,24)11-2-3-14(20-6-11)25-9-10(4-17)5-18/h2-4,6,12-13,15H,5,7-9,18H2,1H3,(H,19,22)/b10-4+/t12-,13+,15?. The summed E-state index contributed by atoms with van der Waals surface area (Å²) < 4.78 is 44.5. The fourth-order valence-corrected chi connectivity index (χ4v) is 4.76. The number of nitrogens with two attached hydrogens (primary N) is 1. The van der Waals surface area contributed by atoms with Crippen molar-refractivity contribution in [2.75, 3.05) is 33.3 Å². The summed E-state index contributed by atoms with van der Waals surface area (Å²) in [5.41, 5.74) is 5.60. The largest absolute Gasteiger partial charge is 0.473 e. The predicted molar refractivity (Wildman–Crippen MR) is 91.3 cm³/mol. The molecule has 0 aromatic carbocycles. The molecule has 8 nitrogen and oxygen atoms in total. The number of hydrogen-bond acceptors (Lipinski definition) is 6. The van der Waals surface area contributed by atoms with Gasteiger partial charge in [-0.1, -0.05) is 0 Å². The molecule has 3 atom stereocenters. The maximum absolute atomic E-state index is 12.7. The molecule has 1 aliphatic carbocycles. The van der Waals surface area contributed by atoms with Crippen LogP contribution in [0.15, 0.2) is 35.1 Å². The van der Waals surface area contributed by atoms with Crippen molar-refractivity contribution in [2.24, 2.45) is 23.5 Å². The van der Waals surface area contributed by atoms with Crippen LogP contribution in [0.5, 0.6) is 5.88 Å². The van der Waals surface area contributed by atoms with E-state index >= 15 is 0 Å². The molecule has 10 heteroatoms. The average molecular weight is 384 g/mol. The van der Waals surface area contributed by atoms with E-state index in [4.69, 9.17) is 10.5 Å². The normalized spacial score (nSPS) is 25.7. The van der Waals surface area contributed by atoms with E-state index in [-0.39, 0.29) is 53.2 Å². The van der Waals surface area contributed by atoms with E-state index in [9.17, 15) is 17.6 Å². The Balaban J connectivity index is 1.62. The number of piperidine rings is 1. The predicted octanol–water partition coefficient (Wildman–Crippen LogP) is -0.115. The van der Waals surface area contributed by atoms with Crippen LogP contribution in [0.25, 0.3) is 0 Å². The van der Waals surface area contributed by atoms with E-state index in [0.29, 0.717) is 19.4 Å². The molecule has 3 N–H and O–H groups in total. The van der Waals surface area contributed by atoms with E-state index in [1.807, 2.05) is 0 Å². The molecular formula is C16H21FN4O4S. The lowest BCUT2D eigenvalue weighted by atomic mass is 10.2. The van der Waals surface area contributed by atoms with E-state index in [2.05, 4.69) is 10.3 Å². The van der Waals surface area contributed by atoms with Crippen LogP contribution in [0.4, 0.5) is 4.39 Å². The highest BCUT2D eigenvalue weighted by molar-refractivity contribution is 7.89. The number of fused-ring (bicyclic) bond motifs is 1. The monoisotopic (exact) mass is 384 g/mol. The summed E-state index contributed by atoms with van der Waals surface area (Å²) in [6.07, 6.45) is 1.59. The second-order valence-electron chi connectivity index (χ2n) is 6.38. The lowest BCUT2D eigenvalue weighted by Crippen LogP contribution is -2.34. The first kappa shape index (κ1) is 18.7. The molecule has 1 aliphatic heterocycles. The van der Waals surface area contributed by atoms with Gasteiger partial charge in [0.1, 0.15) is 11.5 Å². The molecule has 1 saturated carbocycles. The lowest BCUT2D eigenvalue weighted by Gasteiger charge is -2.19. The van der Waals surface area contributed by atoms with Crippen LogP contribution >= 0.6 is 0 Å². The number of aromatic nitrogens is 1. The molecule has 1 aromatic rings. The maximum atomic E-state index is 12.7. The number of amides is 1. The Morgan fingerprint density at radius 3 is 2.65 bits per heavy atom. The number of rotatable bonds is 7. The Morgan fingerprint density at radius 1 is 1.46 bits per heavy atom. The van der Waals surface area contributed by atoms with Crippen molar-refractivity contribution < 1.29 is 22.3 Å². The zero-order chi connectivity index (χ0) is 18.9. The number of carbonyl (C=O) groups is 1. The van der Waals surface area contributed by atoms with Crippen LogP contribution in [0.2, 0.25) is 0 Å². The molecule has 3 rings (SSSR count). The van der Waals surface area contributed by atoms with Gasteiger partial charge in [0.15, 0.2) is 0 Å². The summed E-state index contributed by atoms with van der Waals surface area (Å²) in [7, 11) is -2.08. The summed E-state index contributed by atoms with van der Waals surface area (Å²) in [6.45, 7) is 0.648. The Morgan fingerprint density at radius 2 is 2.15 bits per heavy atom. The van der Waals surface area contributed by atoms with Crippen molar-refractivity contribution >= 4 is 15.9 Å². The van der Waals surface area contributed by atoms with Gasteiger partial charge in [-0.2, -0.15) is 4.31 Å². The van der Waals surface area contributed by atoms with Crippen molar-refractivity contribution in [3.63, 3.8) is 0 Å². The lowest BCUT2D eigenvalue weighted by molar-refractivity contribution is -0.122. The molecular weight excluding hydrogens is 363 g/mol. The van der Waals surface area contributed by atoms with Crippen LogP contribution < -0.4 is 15.8 Å². The second kappa shape index (κ2) is 7.29. The zero-order valence-electron chi connectivity index (χ0n) is 14.3. The van der Waals surface area contributed by atoms with Gasteiger partial charge in [0.05, 0.1) is 12.5 Å². The molecule has 26 heavy (non-hydrogen) atoms. The number of sulfonamides is 1. The summed E-state index contributed by atoms with van der Waals surface area (Å²) in [4.78, 5) is 15.7. The van der Waals surface area contributed by atoms with E-state index in [0.717, 1.165) is 0 Å². The van der Waals surface area contributed by atoms with Crippen LogP contribution in [-0.2, 0) is 14.8 Å². The number of nitrogens with one attached hydrogen (secondary N) is 1. The summed E-state index contributed by atoms with van der Waals surface area (Å²) in [5.74, 6) is 0.241. The van der Waals surface area contributed by atoms with Crippen molar-refractivity contribution in [1.82, 2.24) is 14.6 Å². The molecule has 1 saturated heterocycles. The van der Waals surface area contributed by atoms with E-state index in [1.54, 1.807) is 7.05 Å². The number of carbonyl (C=O) groups excluding carboxylic acids is 1. The Bertz CT molecular complexity index is 800. The van der Waals surface area contributed by atoms with Gasteiger partial charge in [-0.15, -0.1) is 0 Å². The van der Waals surface area contributed by atoms with Crippen LogP contribution in [0.1, 0.15) is 0 Å². The van der Waals surface area contributed by atoms with Crippen molar-refractivity contribution in [1.29, 1.82) is 0 Å². The molecule has 1 unspecified atom stereocenters. The molecule has 2 aliphatic rings. The third-order valence-electron chi connectivity index (χ3n) is 4.88. The van der Waals surface area contributed by atoms with Gasteiger partial charge in [-0.25, -0.2) is 17.8 Å². The van der Waals surface area contributed by atoms with E-state index in [1.165, 1.54) is 22.6 Å².